The highest BCUT2D eigenvalue weighted by Gasteiger charge is 2.41. The first-order valence-corrected chi connectivity index (χ1v) is 8.25. The van der Waals surface area contributed by atoms with Crippen molar-refractivity contribution < 1.29 is 28.7 Å². The minimum absolute atomic E-state index is 0.0369. The Morgan fingerprint density at radius 2 is 1.50 bits per heavy atom. The lowest BCUT2D eigenvalue weighted by Gasteiger charge is -2.13. The highest BCUT2D eigenvalue weighted by Crippen LogP contribution is 2.29. The molecule has 1 N–H and O–H groups in total. The standard InChI is InChI=1S/C16H14Cl2N2O6/c1-3-25-14(22)11(15(23)26-4-2)12-13(21)20(16(24)19-12)10-6-8(17)5-9(18)7-10/h5-7H,3-4H2,1-2H3,(H,19,24). The van der Waals surface area contributed by atoms with Crippen molar-refractivity contribution in [1.82, 2.24) is 5.32 Å². The zero-order valence-corrected chi connectivity index (χ0v) is 15.3. The van der Waals surface area contributed by atoms with E-state index in [1.807, 2.05) is 0 Å². The number of ether oxygens (including phenoxy) is 2. The summed E-state index contributed by atoms with van der Waals surface area (Å²) in [6, 6.07) is 3.21. The monoisotopic (exact) mass is 400 g/mol. The highest BCUT2D eigenvalue weighted by molar-refractivity contribution is 6.36. The quantitative estimate of drug-likeness (QED) is 0.267. The number of hydrogen-bond acceptors (Lipinski definition) is 6. The summed E-state index contributed by atoms with van der Waals surface area (Å²) in [7, 11) is 0. The predicted octanol–water partition coefficient (Wildman–Crippen LogP) is 2.43. The first-order chi connectivity index (χ1) is 12.3. The van der Waals surface area contributed by atoms with E-state index < -0.39 is 35.1 Å². The zero-order chi connectivity index (χ0) is 19.4. The number of anilines is 1. The van der Waals surface area contributed by atoms with Crippen LogP contribution in [0, 0.1) is 0 Å². The number of hydrogen-bond donors (Lipinski definition) is 1. The van der Waals surface area contributed by atoms with Gasteiger partial charge in [-0.1, -0.05) is 23.2 Å². The number of nitrogens with one attached hydrogen (secondary N) is 1. The number of carbonyl (C=O) groups is 4. The molecule has 1 aromatic rings. The van der Waals surface area contributed by atoms with E-state index in [1.54, 1.807) is 0 Å². The molecule has 0 radical (unpaired) electrons. The molecule has 1 saturated heterocycles. The molecule has 1 aromatic carbocycles. The Hall–Kier alpha value is -2.58. The number of rotatable bonds is 5. The maximum Gasteiger partial charge on any atom is 0.347 e. The van der Waals surface area contributed by atoms with Gasteiger partial charge in [-0.25, -0.2) is 19.3 Å². The number of halogens is 2. The van der Waals surface area contributed by atoms with Crippen molar-refractivity contribution in [2.24, 2.45) is 0 Å². The van der Waals surface area contributed by atoms with Crippen LogP contribution in [0.5, 0.6) is 0 Å². The fraction of sp³-hybridized carbons (Fsp3) is 0.250. The van der Waals surface area contributed by atoms with Crippen LogP contribution in [-0.4, -0.2) is 37.1 Å². The van der Waals surface area contributed by atoms with E-state index in [4.69, 9.17) is 32.7 Å². The van der Waals surface area contributed by atoms with Crippen LogP contribution in [0.15, 0.2) is 29.5 Å². The highest BCUT2D eigenvalue weighted by atomic mass is 35.5. The molecule has 2 rings (SSSR count). The lowest BCUT2D eigenvalue weighted by Crippen LogP contribution is -2.30. The van der Waals surface area contributed by atoms with E-state index in [2.05, 4.69) is 5.32 Å². The number of benzene rings is 1. The van der Waals surface area contributed by atoms with E-state index in [1.165, 1.54) is 32.0 Å². The van der Waals surface area contributed by atoms with Crippen LogP contribution in [-0.2, 0) is 23.9 Å². The summed E-state index contributed by atoms with van der Waals surface area (Å²) < 4.78 is 9.57. The van der Waals surface area contributed by atoms with E-state index in [9.17, 15) is 19.2 Å². The Kier molecular flexibility index (Phi) is 6.23. The van der Waals surface area contributed by atoms with E-state index >= 15 is 0 Å². The molecule has 0 aromatic heterocycles. The third-order valence-corrected chi connectivity index (χ3v) is 3.60. The van der Waals surface area contributed by atoms with Crippen molar-refractivity contribution in [1.29, 1.82) is 0 Å². The molecule has 3 amide bonds. The summed E-state index contributed by atoms with van der Waals surface area (Å²) in [6.07, 6.45) is 0. The number of esters is 2. The van der Waals surface area contributed by atoms with Gasteiger partial charge in [0.2, 0.25) is 0 Å². The topological polar surface area (TPSA) is 102 Å². The average Bonchev–Trinajstić information content (AvgIpc) is 2.81. The minimum Gasteiger partial charge on any atom is -0.462 e. The first kappa shape index (κ1) is 19.7. The van der Waals surface area contributed by atoms with E-state index in [-0.39, 0.29) is 28.9 Å². The second-order valence-electron chi connectivity index (χ2n) is 4.89. The zero-order valence-electron chi connectivity index (χ0n) is 13.8. The van der Waals surface area contributed by atoms with Gasteiger partial charge in [0.05, 0.1) is 18.9 Å². The third-order valence-electron chi connectivity index (χ3n) is 3.17. The number of amides is 3. The van der Waals surface area contributed by atoms with Gasteiger partial charge in [0.15, 0.2) is 5.57 Å². The van der Waals surface area contributed by atoms with Crippen LogP contribution >= 0.6 is 23.2 Å². The summed E-state index contributed by atoms with van der Waals surface area (Å²) in [5.74, 6) is -3.11. The number of urea groups is 1. The van der Waals surface area contributed by atoms with Crippen LogP contribution in [0.2, 0.25) is 10.0 Å². The van der Waals surface area contributed by atoms with Crippen LogP contribution in [0.25, 0.3) is 0 Å². The molecule has 8 nitrogen and oxygen atoms in total. The average molecular weight is 401 g/mol. The van der Waals surface area contributed by atoms with Crippen LogP contribution < -0.4 is 10.2 Å². The van der Waals surface area contributed by atoms with Crippen molar-refractivity contribution in [2.75, 3.05) is 18.1 Å². The fourth-order valence-corrected chi connectivity index (χ4v) is 2.70. The summed E-state index contributed by atoms with van der Waals surface area (Å²) in [4.78, 5) is 49.8. The Bertz CT molecular complexity index is 781. The molecule has 1 aliphatic rings. The maximum atomic E-state index is 12.7. The Morgan fingerprint density at radius 1 is 1.00 bits per heavy atom. The molecule has 1 fully saturated rings. The molecule has 0 atom stereocenters. The molecule has 1 aliphatic heterocycles. The van der Waals surface area contributed by atoms with Crippen molar-refractivity contribution in [3.8, 4) is 0 Å². The Morgan fingerprint density at radius 3 is 1.96 bits per heavy atom. The second-order valence-corrected chi connectivity index (χ2v) is 5.76. The van der Waals surface area contributed by atoms with Gasteiger partial charge in [-0.3, -0.25) is 4.79 Å². The van der Waals surface area contributed by atoms with Crippen LogP contribution in [0.1, 0.15) is 13.8 Å². The van der Waals surface area contributed by atoms with Gasteiger partial charge in [-0.15, -0.1) is 0 Å². The molecular formula is C16H14Cl2N2O6. The lowest BCUT2D eigenvalue weighted by atomic mass is 10.2. The summed E-state index contributed by atoms with van der Waals surface area (Å²) in [5, 5.41) is 2.59. The van der Waals surface area contributed by atoms with Gasteiger partial charge >= 0.3 is 18.0 Å². The number of nitrogens with zero attached hydrogens (tertiary/aromatic N) is 1. The summed E-state index contributed by atoms with van der Waals surface area (Å²) >= 11 is 11.8. The largest absolute Gasteiger partial charge is 0.462 e. The van der Waals surface area contributed by atoms with Crippen LogP contribution in [0.4, 0.5) is 10.5 Å². The molecular weight excluding hydrogens is 387 g/mol. The normalized spacial score (nSPS) is 13.5. The van der Waals surface area contributed by atoms with Gasteiger partial charge in [0.25, 0.3) is 5.91 Å². The lowest BCUT2D eigenvalue weighted by molar-refractivity contribution is -0.147. The molecule has 1 heterocycles. The molecule has 0 spiro atoms. The van der Waals surface area contributed by atoms with E-state index in [0.29, 0.717) is 4.90 Å². The molecule has 10 heteroatoms. The van der Waals surface area contributed by atoms with Gasteiger partial charge in [0, 0.05) is 10.0 Å². The molecule has 0 unspecified atom stereocenters. The van der Waals surface area contributed by atoms with Crippen molar-refractivity contribution in [3.05, 3.63) is 39.5 Å². The Labute approximate surface area is 158 Å². The molecule has 0 saturated carbocycles. The Balaban J connectivity index is 2.53. The van der Waals surface area contributed by atoms with Crippen LogP contribution in [0.3, 0.4) is 0 Å². The maximum absolute atomic E-state index is 12.7. The van der Waals surface area contributed by atoms with E-state index in [0.717, 1.165) is 0 Å². The number of imide groups is 1. The third kappa shape index (κ3) is 3.97. The molecule has 0 aliphatic carbocycles. The predicted molar refractivity (Wildman–Crippen MR) is 92.8 cm³/mol. The molecule has 26 heavy (non-hydrogen) atoms. The smallest absolute Gasteiger partial charge is 0.347 e. The minimum atomic E-state index is -1.08. The van der Waals surface area contributed by atoms with Gasteiger partial charge in [-0.05, 0) is 32.0 Å². The second kappa shape index (κ2) is 8.20. The molecule has 138 valence electrons. The number of carbonyl (C=O) groups excluding carboxylic acids is 4. The fourth-order valence-electron chi connectivity index (χ4n) is 2.19. The molecule has 0 bridgehead atoms. The summed E-state index contributed by atoms with van der Waals surface area (Å²) in [6.45, 7) is 2.98. The SMILES string of the molecule is CCOC(=O)C(C(=O)OCC)=C1NC(=O)N(c2cc(Cl)cc(Cl)c2)C1=O. The van der Waals surface area contributed by atoms with Gasteiger partial charge in [0.1, 0.15) is 5.70 Å². The summed E-state index contributed by atoms with van der Waals surface area (Å²) in [5.41, 5.74) is -1.15. The van der Waals surface area contributed by atoms with Gasteiger partial charge in [-0.2, -0.15) is 0 Å². The van der Waals surface area contributed by atoms with Crippen molar-refractivity contribution >= 4 is 52.8 Å². The van der Waals surface area contributed by atoms with Gasteiger partial charge < -0.3 is 14.8 Å². The first-order valence-electron chi connectivity index (χ1n) is 7.50. The van der Waals surface area contributed by atoms with Crippen molar-refractivity contribution in [2.45, 2.75) is 13.8 Å². The van der Waals surface area contributed by atoms with Crippen molar-refractivity contribution in [3.63, 3.8) is 0 Å².